The van der Waals surface area contributed by atoms with Gasteiger partial charge in [-0.05, 0) is 6.92 Å². The lowest BCUT2D eigenvalue weighted by atomic mass is 10.3. The predicted molar refractivity (Wildman–Crippen MR) is 103 cm³/mol. The lowest BCUT2D eigenvalue weighted by Crippen LogP contribution is -2.48. The van der Waals surface area contributed by atoms with E-state index in [0.717, 1.165) is 5.57 Å². The van der Waals surface area contributed by atoms with Crippen LogP contribution in [0.2, 0.25) is 0 Å². The molecule has 0 atom stereocenters. The van der Waals surface area contributed by atoms with Crippen LogP contribution in [0.25, 0.3) is 0 Å². The van der Waals surface area contributed by atoms with Gasteiger partial charge in [0.1, 0.15) is 0 Å². The first-order valence-corrected chi connectivity index (χ1v) is 9.35. The van der Waals surface area contributed by atoms with E-state index in [9.17, 15) is 14.4 Å². The first kappa shape index (κ1) is 24.0. The van der Waals surface area contributed by atoms with Crippen molar-refractivity contribution in [3.05, 3.63) is 12.2 Å². The fraction of sp³-hybridized carbons (Fsp3) is 0.722. The highest BCUT2D eigenvalue weighted by molar-refractivity contribution is 5.69. The molecule has 0 saturated carbocycles. The van der Waals surface area contributed by atoms with Gasteiger partial charge in [-0.25, -0.2) is 0 Å². The predicted octanol–water partition coefficient (Wildman–Crippen LogP) is -0.962. The quantitative estimate of drug-likeness (QED) is 0.439. The molecule has 1 rings (SSSR count). The standard InChI is InChI=1S/C18H32N4O6/c1-15(2)11-19-3-5-20(12-16(23)24)7-9-22(14-18(27)28)10-8-21(6-4-19)13-17(25)26/h1,3-14H2,2H3,(H,23,24)(H,25,26)(H,27,28). The lowest BCUT2D eigenvalue weighted by molar-refractivity contribution is -0.140. The molecule has 1 aliphatic heterocycles. The second kappa shape index (κ2) is 12.4. The Balaban J connectivity index is 2.90. The normalized spacial score (nSPS) is 19.5. The minimum Gasteiger partial charge on any atom is -0.480 e. The molecule has 1 saturated heterocycles. The van der Waals surface area contributed by atoms with Gasteiger partial charge < -0.3 is 15.3 Å². The van der Waals surface area contributed by atoms with Crippen LogP contribution in [0, 0.1) is 0 Å². The molecule has 0 aromatic carbocycles. The number of rotatable bonds is 8. The van der Waals surface area contributed by atoms with Crippen molar-refractivity contribution in [2.24, 2.45) is 0 Å². The summed E-state index contributed by atoms with van der Waals surface area (Å²) in [6.07, 6.45) is 0. The zero-order chi connectivity index (χ0) is 21.1. The van der Waals surface area contributed by atoms with Crippen LogP contribution in [0.5, 0.6) is 0 Å². The second-order valence-corrected chi connectivity index (χ2v) is 7.24. The summed E-state index contributed by atoms with van der Waals surface area (Å²) in [5.74, 6) is -2.80. The smallest absolute Gasteiger partial charge is 0.317 e. The fourth-order valence-electron chi connectivity index (χ4n) is 3.17. The molecule has 0 aromatic heterocycles. The number of hydrogen-bond donors (Lipinski definition) is 3. The van der Waals surface area contributed by atoms with Gasteiger partial charge in [-0.3, -0.25) is 34.0 Å². The van der Waals surface area contributed by atoms with Gasteiger partial charge in [0.25, 0.3) is 0 Å². The van der Waals surface area contributed by atoms with E-state index >= 15 is 0 Å². The van der Waals surface area contributed by atoms with Crippen LogP contribution in [-0.2, 0) is 14.4 Å². The third kappa shape index (κ3) is 11.0. The highest BCUT2D eigenvalue weighted by atomic mass is 16.4. The molecule has 1 heterocycles. The molecule has 0 aromatic rings. The average molecular weight is 400 g/mol. The number of nitrogens with zero attached hydrogens (tertiary/aromatic N) is 4. The molecule has 10 nitrogen and oxygen atoms in total. The van der Waals surface area contributed by atoms with Gasteiger partial charge in [-0.2, -0.15) is 0 Å². The maximum absolute atomic E-state index is 11.2. The van der Waals surface area contributed by atoms with Crippen molar-refractivity contribution >= 4 is 17.9 Å². The molecule has 0 aliphatic carbocycles. The zero-order valence-corrected chi connectivity index (χ0v) is 16.5. The molecule has 3 N–H and O–H groups in total. The number of aliphatic carboxylic acids is 3. The largest absolute Gasteiger partial charge is 0.480 e. The molecule has 0 spiro atoms. The molecule has 0 bridgehead atoms. The van der Waals surface area contributed by atoms with Crippen LogP contribution in [0.1, 0.15) is 6.92 Å². The Morgan fingerprint density at radius 1 is 0.607 bits per heavy atom. The molecule has 1 fully saturated rings. The molecule has 0 unspecified atom stereocenters. The molecule has 10 heteroatoms. The summed E-state index contributed by atoms with van der Waals surface area (Å²) in [6.45, 7) is 10.1. The Morgan fingerprint density at radius 3 is 1.00 bits per heavy atom. The van der Waals surface area contributed by atoms with Crippen LogP contribution in [0.4, 0.5) is 0 Å². The molecule has 1 aliphatic rings. The topological polar surface area (TPSA) is 125 Å². The van der Waals surface area contributed by atoms with Gasteiger partial charge >= 0.3 is 17.9 Å². The average Bonchev–Trinajstić information content (AvgIpc) is 2.55. The van der Waals surface area contributed by atoms with E-state index in [1.54, 1.807) is 14.7 Å². The Hall–Kier alpha value is -2.01. The minimum absolute atomic E-state index is 0.104. The van der Waals surface area contributed by atoms with Gasteiger partial charge in [0, 0.05) is 58.9 Å². The Morgan fingerprint density at radius 2 is 0.821 bits per heavy atom. The van der Waals surface area contributed by atoms with Gasteiger partial charge in [0.15, 0.2) is 0 Å². The first-order valence-electron chi connectivity index (χ1n) is 9.35. The zero-order valence-electron chi connectivity index (χ0n) is 16.5. The van der Waals surface area contributed by atoms with Crippen molar-refractivity contribution in [2.75, 3.05) is 78.5 Å². The van der Waals surface area contributed by atoms with Crippen LogP contribution in [-0.4, -0.2) is 131 Å². The summed E-state index contributed by atoms with van der Waals surface area (Å²) in [4.78, 5) is 40.9. The second-order valence-electron chi connectivity index (χ2n) is 7.24. The van der Waals surface area contributed by atoms with Crippen LogP contribution >= 0.6 is 0 Å². The monoisotopic (exact) mass is 400 g/mol. The highest BCUT2D eigenvalue weighted by Gasteiger charge is 2.19. The van der Waals surface area contributed by atoms with Crippen molar-refractivity contribution in [1.29, 1.82) is 0 Å². The van der Waals surface area contributed by atoms with Crippen molar-refractivity contribution in [1.82, 2.24) is 19.6 Å². The van der Waals surface area contributed by atoms with Gasteiger partial charge in [0.05, 0.1) is 19.6 Å². The molecular formula is C18H32N4O6. The first-order chi connectivity index (χ1) is 13.2. The van der Waals surface area contributed by atoms with Gasteiger partial charge in [0.2, 0.25) is 0 Å². The van der Waals surface area contributed by atoms with E-state index in [0.29, 0.717) is 58.9 Å². The van der Waals surface area contributed by atoms with E-state index < -0.39 is 17.9 Å². The van der Waals surface area contributed by atoms with E-state index in [2.05, 4.69) is 11.5 Å². The molecule has 160 valence electrons. The molecule has 0 radical (unpaired) electrons. The van der Waals surface area contributed by atoms with E-state index in [-0.39, 0.29) is 19.6 Å². The lowest BCUT2D eigenvalue weighted by Gasteiger charge is -2.33. The molecule has 28 heavy (non-hydrogen) atoms. The van der Waals surface area contributed by atoms with Crippen molar-refractivity contribution < 1.29 is 29.7 Å². The number of carboxylic acid groups (broad SMARTS) is 3. The highest BCUT2D eigenvalue weighted by Crippen LogP contribution is 2.03. The fourth-order valence-corrected chi connectivity index (χ4v) is 3.17. The van der Waals surface area contributed by atoms with E-state index in [4.69, 9.17) is 15.3 Å². The molecule has 0 amide bonds. The third-order valence-electron chi connectivity index (χ3n) is 4.50. The van der Waals surface area contributed by atoms with Crippen molar-refractivity contribution in [3.63, 3.8) is 0 Å². The summed E-state index contributed by atoms with van der Waals surface area (Å²) < 4.78 is 0. The summed E-state index contributed by atoms with van der Waals surface area (Å²) in [7, 11) is 0. The van der Waals surface area contributed by atoms with Crippen molar-refractivity contribution in [2.45, 2.75) is 6.92 Å². The Kier molecular flexibility index (Phi) is 10.7. The van der Waals surface area contributed by atoms with E-state index in [1.807, 2.05) is 6.92 Å². The maximum atomic E-state index is 11.2. The Labute approximate surface area is 165 Å². The van der Waals surface area contributed by atoms with E-state index in [1.165, 1.54) is 0 Å². The summed E-state index contributed by atoms with van der Waals surface area (Å²) in [6, 6.07) is 0. The third-order valence-corrected chi connectivity index (χ3v) is 4.50. The van der Waals surface area contributed by atoms with Gasteiger partial charge in [-0.15, -0.1) is 0 Å². The van der Waals surface area contributed by atoms with Crippen LogP contribution in [0.15, 0.2) is 12.2 Å². The van der Waals surface area contributed by atoms with Crippen LogP contribution < -0.4 is 0 Å². The number of hydrogen-bond acceptors (Lipinski definition) is 7. The summed E-state index contributed by atoms with van der Waals surface area (Å²) in [5, 5.41) is 27.4. The van der Waals surface area contributed by atoms with Crippen molar-refractivity contribution in [3.8, 4) is 0 Å². The SMILES string of the molecule is C=C(C)CN1CCN(CC(=O)O)CCN(CC(=O)O)CCN(CC(=O)O)CC1. The van der Waals surface area contributed by atoms with Crippen LogP contribution in [0.3, 0.4) is 0 Å². The summed E-state index contributed by atoms with van der Waals surface area (Å²) >= 11 is 0. The minimum atomic E-state index is -0.964. The number of carboxylic acids is 3. The van der Waals surface area contributed by atoms with Gasteiger partial charge in [-0.1, -0.05) is 12.2 Å². The number of carbonyl (C=O) groups is 3. The maximum Gasteiger partial charge on any atom is 0.317 e. The molecular weight excluding hydrogens is 368 g/mol. The Bertz CT molecular complexity index is 444. The summed E-state index contributed by atoms with van der Waals surface area (Å²) in [5.41, 5.74) is 0.981.